The van der Waals surface area contributed by atoms with Crippen molar-refractivity contribution in [2.75, 3.05) is 26.1 Å². The maximum absolute atomic E-state index is 13.3. The van der Waals surface area contributed by atoms with Crippen LogP contribution in [0.15, 0.2) is 59.0 Å². The number of hydrogen-bond donors (Lipinski definition) is 1. The van der Waals surface area contributed by atoms with Gasteiger partial charge in [-0.15, -0.1) is 0 Å². The molecule has 0 bridgehead atoms. The molecular weight excluding hydrogens is 517 g/mol. The fourth-order valence-corrected chi connectivity index (χ4v) is 4.14. The van der Waals surface area contributed by atoms with E-state index in [0.717, 1.165) is 0 Å². The Balaban J connectivity index is 1.61. The molecule has 1 heterocycles. The summed E-state index contributed by atoms with van der Waals surface area (Å²) in [6, 6.07) is 14.5. The van der Waals surface area contributed by atoms with Gasteiger partial charge in [-0.25, -0.2) is 0 Å². The largest absolute Gasteiger partial charge is 0.495 e. The van der Waals surface area contributed by atoms with E-state index in [1.54, 1.807) is 36.4 Å². The van der Waals surface area contributed by atoms with Gasteiger partial charge in [-0.2, -0.15) is 0 Å². The van der Waals surface area contributed by atoms with Gasteiger partial charge in [-0.05, 0) is 36.4 Å². The first-order valence-corrected chi connectivity index (χ1v) is 11.3. The standard InChI is InChI=1S/C25H18Cl3NO6/c1-32-19-8-7-13(9-15(19)26)24(31)25-23(14-5-3-4-6-18(14)35-25)29-22(30)12-34-21-11-20(33-2)16(27)10-17(21)28/h3-11H,12H2,1-2H3,(H,29,30). The quantitative estimate of drug-likeness (QED) is 0.254. The van der Waals surface area contributed by atoms with Crippen molar-refractivity contribution in [3.63, 3.8) is 0 Å². The molecule has 180 valence electrons. The van der Waals surface area contributed by atoms with Crippen LogP contribution in [0.4, 0.5) is 5.69 Å². The maximum Gasteiger partial charge on any atom is 0.262 e. The normalized spacial score (nSPS) is 10.8. The number of fused-ring (bicyclic) bond motifs is 1. The molecule has 0 aliphatic rings. The first kappa shape index (κ1) is 24.7. The Morgan fingerprint density at radius 3 is 2.26 bits per heavy atom. The lowest BCUT2D eigenvalue weighted by Crippen LogP contribution is -2.21. The van der Waals surface area contributed by atoms with Crippen LogP contribution in [0, 0.1) is 0 Å². The highest BCUT2D eigenvalue weighted by atomic mass is 35.5. The predicted octanol–water partition coefficient (Wildman–Crippen LogP) is 6.66. The number of hydrogen-bond acceptors (Lipinski definition) is 6. The van der Waals surface area contributed by atoms with Crippen molar-refractivity contribution in [3.8, 4) is 17.2 Å². The van der Waals surface area contributed by atoms with Crippen LogP contribution in [0.1, 0.15) is 16.1 Å². The Labute approximate surface area is 215 Å². The first-order chi connectivity index (χ1) is 16.8. The number of ketones is 1. The average molecular weight is 535 g/mol. The van der Waals surface area contributed by atoms with Gasteiger partial charge in [0.25, 0.3) is 5.91 Å². The molecule has 35 heavy (non-hydrogen) atoms. The molecule has 0 aliphatic carbocycles. The summed E-state index contributed by atoms with van der Waals surface area (Å²) >= 11 is 18.4. The minimum atomic E-state index is -0.539. The topological polar surface area (TPSA) is 87.0 Å². The van der Waals surface area contributed by atoms with Gasteiger partial charge in [0.05, 0.1) is 35.0 Å². The lowest BCUT2D eigenvalue weighted by atomic mass is 10.1. The second-order valence-corrected chi connectivity index (χ2v) is 8.46. The van der Waals surface area contributed by atoms with Gasteiger partial charge in [0.2, 0.25) is 5.78 Å². The third-order valence-corrected chi connectivity index (χ3v) is 5.93. The fraction of sp³-hybridized carbons (Fsp3) is 0.120. The van der Waals surface area contributed by atoms with E-state index < -0.39 is 18.3 Å². The van der Waals surface area contributed by atoms with Crippen molar-refractivity contribution in [1.82, 2.24) is 0 Å². The minimum absolute atomic E-state index is 0.0491. The van der Waals surface area contributed by atoms with Crippen molar-refractivity contribution in [3.05, 3.63) is 81.0 Å². The van der Waals surface area contributed by atoms with E-state index in [4.69, 9.17) is 53.4 Å². The number of anilines is 1. The number of ether oxygens (including phenoxy) is 3. The molecule has 3 aromatic carbocycles. The predicted molar refractivity (Wildman–Crippen MR) is 135 cm³/mol. The zero-order valence-corrected chi connectivity index (χ0v) is 20.8. The number of nitrogens with one attached hydrogen (secondary N) is 1. The summed E-state index contributed by atoms with van der Waals surface area (Å²) < 4.78 is 21.7. The van der Waals surface area contributed by atoms with E-state index in [-0.39, 0.29) is 32.8 Å². The second-order valence-electron chi connectivity index (χ2n) is 7.23. The monoisotopic (exact) mass is 533 g/mol. The number of para-hydroxylation sites is 1. The lowest BCUT2D eigenvalue weighted by Gasteiger charge is -2.11. The van der Waals surface area contributed by atoms with Gasteiger partial charge < -0.3 is 23.9 Å². The molecule has 1 N–H and O–H groups in total. The summed E-state index contributed by atoms with van der Waals surface area (Å²) in [7, 11) is 2.93. The van der Waals surface area contributed by atoms with Gasteiger partial charge in [-0.1, -0.05) is 46.9 Å². The molecule has 10 heteroatoms. The maximum atomic E-state index is 13.3. The lowest BCUT2D eigenvalue weighted by molar-refractivity contribution is -0.118. The second kappa shape index (κ2) is 10.5. The molecule has 4 rings (SSSR count). The summed E-state index contributed by atoms with van der Waals surface area (Å²) in [5.41, 5.74) is 0.907. The summed E-state index contributed by atoms with van der Waals surface area (Å²) in [5, 5.41) is 4.05. The van der Waals surface area contributed by atoms with E-state index in [1.165, 1.54) is 32.4 Å². The molecule has 0 fully saturated rings. The smallest absolute Gasteiger partial charge is 0.262 e. The number of rotatable bonds is 8. The van der Waals surface area contributed by atoms with E-state index >= 15 is 0 Å². The summed E-state index contributed by atoms with van der Waals surface area (Å²) in [6.45, 7) is -0.397. The Morgan fingerprint density at radius 2 is 1.54 bits per heavy atom. The molecule has 1 amide bonds. The van der Waals surface area contributed by atoms with Gasteiger partial charge in [-0.3, -0.25) is 9.59 Å². The molecule has 0 unspecified atom stereocenters. The van der Waals surface area contributed by atoms with E-state index in [0.29, 0.717) is 27.5 Å². The van der Waals surface area contributed by atoms with E-state index in [1.807, 2.05) is 0 Å². The third kappa shape index (κ3) is 5.17. The highest BCUT2D eigenvalue weighted by Gasteiger charge is 2.24. The zero-order valence-electron chi connectivity index (χ0n) is 18.5. The Hall–Kier alpha value is -3.39. The van der Waals surface area contributed by atoms with Crippen molar-refractivity contribution >= 4 is 63.1 Å². The number of carbonyl (C=O) groups excluding carboxylic acids is 2. The van der Waals surface area contributed by atoms with E-state index in [2.05, 4.69) is 5.32 Å². The number of furan rings is 1. The van der Waals surface area contributed by atoms with Crippen LogP contribution in [0.3, 0.4) is 0 Å². The van der Waals surface area contributed by atoms with Crippen molar-refractivity contribution in [1.29, 1.82) is 0 Å². The molecule has 0 spiro atoms. The summed E-state index contributed by atoms with van der Waals surface area (Å²) in [5.74, 6) is -0.0681. The molecular formula is C25H18Cl3NO6. The number of halogens is 3. The number of carbonyl (C=O) groups is 2. The van der Waals surface area contributed by atoms with E-state index in [9.17, 15) is 9.59 Å². The van der Waals surface area contributed by atoms with Crippen LogP contribution >= 0.6 is 34.8 Å². The molecule has 0 radical (unpaired) electrons. The highest BCUT2D eigenvalue weighted by molar-refractivity contribution is 6.36. The summed E-state index contributed by atoms with van der Waals surface area (Å²) in [6.07, 6.45) is 0. The van der Waals surface area contributed by atoms with Gasteiger partial charge in [0.15, 0.2) is 12.4 Å². The molecule has 0 saturated carbocycles. The SMILES string of the molecule is COc1ccc(C(=O)c2oc3ccccc3c2NC(=O)COc2cc(OC)c(Cl)cc2Cl)cc1Cl. The van der Waals surface area contributed by atoms with Crippen LogP contribution < -0.4 is 19.5 Å². The average Bonchev–Trinajstić information content (AvgIpc) is 3.21. The zero-order chi connectivity index (χ0) is 25.1. The fourth-order valence-electron chi connectivity index (χ4n) is 3.36. The number of benzene rings is 3. The molecule has 0 saturated heterocycles. The van der Waals surface area contributed by atoms with Crippen molar-refractivity contribution < 1.29 is 28.2 Å². The van der Waals surface area contributed by atoms with Crippen LogP contribution in [-0.4, -0.2) is 32.5 Å². The molecule has 4 aromatic rings. The minimum Gasteiger partial charge on any atom is -0.495 e. The Bertz CT molecular complexity index is 1430. The molecule has 7 nitrogen and oxygen atoms in total. The van der Waals surface area contributed by atoms with Gasteiger partial charge >= 0.3 is 0 Å². The van der Waals surface area contributed by atoms with Gasteiger partial charge in [0, 0.05) is 17.0 Å². The Morgan fingerprint density at radius 1 is 0.857 bits per heavy atom. The highest BCUT2D eigenvalue weighted by Crippen LogP contribution is 2.36. The molecule has 0 aliphatic heterocycles. The van der Waals surface area contributed by atoms with Crippen molar-refractivity contribution in [2.24, 2.45) is 0 Å². The Kier molecular flexibility index (Phi) is 7.40. The summed E-state index contributed by atoms with van der Waals surface area (Å²) in [4.78, 5) is 26.1. The first-order valence-electron chi connectivity index (χ1n) is 10.2. The van der Waals surface area contributed by atoms with Crippen LogP contribution in [0.25, 0.3) is 11.0 Å². The number of methoxy groups -OCH3 is 2. The van der Waals surface area contributed by atoms with Crippen LogP contribution in [-0.2, 0) is 4.79 Å². The molecule has 0 atom stereocenters. The third-order valence-electron chi connectivity index (χ3n) is 5.05. The van der Waals surface area contributed by atoms with Crippen LogP contribution in [0.2, 0.25) is 15.1 Å². The molecule has 1 aromatic heterocycles. The van der Waals surface area contributed by atoms with Crippen LogP contribution in [0.5, 0.6) is 17.2 Å². The van der Waals surface area contributed by atoms with Gasteiger partial charge in [0.1, 0.15) is 22.8 Å². The van der Waals surface area contributed by atoms with Crippen molar-refractivity contribution in [2.45, 2.75) is 0 Å². The number of amides is 1.